The van der Waals surface area contributed by atoms with Crippen LogP contribution in [-0.4, -0.2) is 55.0 Å². The van der Waals surface area contributed by atoms with Gasteiger partial charge in [0.25, 0.3) is 0 Å². The monoisotopic (exact) mass is 370 g/mol. The molecule has 3 fully saturated rings. The highest BCUT2D eigenvalue weighted by atomic mass is 32.2. The van der Waals surface area contributed by atoms with Crippen LogP contribution in [0, 0.1) is 5.92 Å². The molecule has 0 aromatic rings. The Morgan fingerprint density at radius 3 is 2.28 bits per heavy atom. The van der Waals surface area contributed by atoms with Crippen LogP contribution in [-0.2, 0) is 14.8 Å². The maximum Gasteiger partial charge on any atom is 0.222 e. The number of sulfonamides is 1. The van der Waals surface area contributed by atoms with E-state index in [0.29, 0.717) is 25.3 Å². The first-order chi connectivity index (χ1) is 12.1. The molecule has 0 aromatic carbocycles. The Morgan fingerprint density at radius 1 is 0.840 bits per heavy atom. The molecule has 144 valence electrons. The minimum Gasteiger partial charge on any atom is -0.343 e. The van der Waals surface area contributed by atoms with Crippen molar-refractivity contribution in [2.45, 2.75) is 83.1 Å². The van der Waals surface area contributed by atoms with E-state index in [1.807, 2.05) is 4.90 Å². The normalized spacial score (nSPS) is 29.0. The van der Waals surface area contributed by atoms with E-state index >= 15 is 0 Å². The van der Waals surface area contributed by atoms with E-state index in [9.17, 15) is 13.2 Å². The zero-order chi connectivity index (χ0) is 17.7. The molecule has 2 aliphatic heterocycles. The summed E-state index contributed by atoms with van der Waals surface area (Å²) >= 11 is 0. The van der Waals surface area contributed by atoms with Gasteiger partial charge in [-0.15, -0.1) is 0 Å². The Hall–Kier alpha value is -0.620. The van der Waals surface area contributed by atoms with Crippen molar-refractivity contribution < 1.29 is 13.2 Å². The molecular formula is C19H34N2O3S. The molecule has 2 heterocycles. The van der Waals surface area contributed by atoms with Crippen molar-refractivity contribution in [1.29, 1.82) is 0 Å². The van der Waals surface area contributed by atoms with Crippen molar-refractivity contribution in [2.75, 3.05) is 25.4 Å². The summed E-state index contributed by atoms with van der Waals surface area (Å²) in [4.78, 5) is 14.3. The topological polar surface area (TPSA) is 57.7 Å². The van der Waals surface area contributed by atoms with Crippen molar-refractivity contribution in [2.24, 2.45) is 5.92 Å². The zero-order valence-corrected chi connectivity index (χ0v) is 16.3. The Bertz CT molecular complexity index is 539. The number of fused-ring (bicyclic) bond motifs is 1. The minimum absolute atomic E-state index is 0.135. The van der Waals surface area contributed by atoms with Crippen LogP contribution in [0.5, 0.6) is 0 Å². The lowest BCUT2D eigenvalue weighted by atomic mass is 9.79. The number of nitrogens with zero attached hydrogens (tertiary/aromatic N) is 2. The maximum absolute atomic E-state index is 12.9. The summed E-state index contributed by atoms with van der Waals surface area (Å²) in [5, 5.41) is 0. The molecule has 0 radical (unpaired) electrons. The number of carbonyl (C=O) groups excluding carboxylic acids is 1. The molecule has 5 nitrogen and oxygen atoms in total. The average Bonchev–Trinajstić information content (AvgIpc) is 2.90. The van der Waals surface area contributed by atoms with Gasteiger partial charge in [-0.1, -0.05) is 25.7 Å². The molecule has 25 heavy (non-hydrogen) atoms. The molecule has 0 spiro atoms. The van der Waals surface area contributed by atoms with Gasteiger partial charge in [-0.05, 0) is 50.9 Å². The van der Waals surface area contributed by atoms with E-state index in [4.69, 9.17) is 0 Å². The minimum atomic E-state index is -3.22. The predicted octanol–water partition coefficient (Wildman–Crippen LogP) is 3.15. The lowest BCUT2D eigenvalue weighted by molar-refractivity contribution is -0.131. The van der Waals surface area contributed by atoms with Gasteiger partial charge in [-0.3, -0.25) is 4.79 Å². The van der Waals surface area contributed by atoms with Gasteiger partial charge in [-0.2, -0.15) is 4.31 Å². The third-order valence-electron chi connectivity index (χ3n) is 6.30. The molecule has 2 saturated heterocycles. The van der Waals surface area contributed by atoms with Crippen LogP contribution in [0.2, 0.25) is 0 Å². The van der Waals surface area contributed by atoms with Gasteiger partial charge in [0.2, 0.25) is 15.9 Å². The number of piperidine rings is 1. The summed E-state index contributed by atoms with van der Waals surface area (Å²) in [5.74, 6) is 0.845. The first-order valence-corrected chi connectivity index (χ1v) is 12.0. The van der Waals surface area contributed by atoms with Gasteiger partial charge in [-0.25, -0.2) is 8.42 Å². The number of amides is 1. The summed E-state index contributed by atoms with van der Waals surface area (Å²) in [7, 11) is -3.22. The number of carbonyl (C=O) groups is 1. The number of hydrogen-bond donors (Lipinski definition) is 0. The highest BCUT2D eigenvalue weighted by molar-refractivity contribution is 7.89. The SMILES string of the molecule is O=C(CCCS(=O)(=O)N1CCCC2CCCCC21)N1CCCCCC1. The van der Waals surface area contributed by atoms with Gasteiger partial charge < -0.3 is 4.90 Å². The van der Waals surface area contributed by atoms with Crippen molar-refractivity contribution in [1.82, 2.24) is 9.21 Å². The molecular weight excluding hydrogens is 336 g/mol. The predicted molar refractivity (Wildman–Crippen MR) is 99.8 cm³/mol. The smallest absolute Gasteiger partial charge is 0.222 e. The zero-order valence-electron chi connectivity index (χ0n) is 15.5. The van der Waals surface area contributed by atoms with Crippen LogP contribution in [0.3, 0.4) is 0 Å². The lowest BCUT2D eigenvalue weighted by Crippen LogP contribution is -2.50. The van der Waals surface area contributed by atoms with Gasteiger partial charge in [0.05, 0.1) is 5.75 Å². The van der Waals surface area contributed by atoms with Crippen LogP contribution in [0.25, 0.3) is 0 Å². The second-order valence-corrected chi connectivity index (χ2v) is 10.1. The van der Waals surface area contributed by atoms with E-state index in [0.717, 1.165) is 45.2 Å². The largest absolute Gasteiger partial charge is 0.343 e. The van der Waals surface area contributed by atoms with Crippen molar-refractivity contribution in [3.63, 3.8) is 0 Å². The van der Waals surface area contributed by atoms with Crippen LogP contribution in [0.4, 0.5) is 0 Å². The van der Waals surface area contributed by atoms with E-state index in [2.05, 4.69) is 0 Å². The molecule has 2 unspecified atom stereocenters. The fourth-order valence-electron chi connectivity index (χ4n) is 4.93. The third kappa shape index (κ3) is 4.97. The molecule has 3 aliphatic rings. The molecule has 0 aromatic heterocycles. The highest BCUT2D eigenvalue weighted by Gasteiger charge is 2.38. The Labute approximate surface area is 153 Å². The third-order valence-corrected chi connectivity index (χ3v) is 8.27. The fraction of sp³-hybridized carbons (Fsp3) is 0.947. The van der Waals surface area contributed by atoms with Crippen LogP contribution in [0.15, 0.2) is 0 Å². The summed E-state index contributed by atoms with van der Waals surface area (Å²) in [5.41, 5.74) is 0. The molecule has 1 saturated carbocycles. The molecule has 0 N–H and O–H groups in total. The van der Waals surface area contributed by atoms with Gasteiger partial charge in [0, 0.05) is 32.1 Å². The van der Waals surface area contributed by atoms with Gasteiger partial charge >= 0.3 is 0 Å². The number of rotatable bonds is 5. The average molecular weight is 371 g/mol. The number of likely N-dealkylation sites (tertiary alicyclic amines) is 1. The van der Waals surface area contributed by atoms with Crippen LogP contribution in [0.1, 0.15) is 77.0 Å². The molecule has 1 amide bonds. The quantitative estimate of drug-likeness (QED) is 0.747. The second-order valence-electron chi connectivity index (χ2n) is 8.08. The van der Waals surface area contributed by atoms with E-state index in [1.54, 1.807) is 4.31 Å². The fourth-order valence-corrected chi connectivity index (χ4v) is 6.77. The standard InChI is InChI=1S/C19H34N2O3S/c22-19(20-13-5-1-2-6-14-20)12-8-16-25(23,24)21-15-7-10-17-9-3-4-11-18(17)21/h17-18H,1-16H2. The summed E-state index contributed by atoms with van der Waals surface area (Å²) in [6.07, 6.45) is 12.2. The Balaban J connectivity index is 1.50. The molecule has 0 bridgehead atoms. The molecule has 3 rings (SSSR count). The molecule has 6 heteroatoms. The van der Waals surface area contributed by atoms with Crippen molar-refractivity contribution >= 4 is 15.9 Å². The van der Waals surface area contributed by atoms with Crippen LogP contribution >= 0.6 is 0 Å². The van der Waals surface area contributed by atoms with Gasteiger partial charge in [0.1, 0.15) is 0 Å². The summed E-state index contributed by atoms with van der Waals surface area (Å²) in [6, 6.07) is 0.230. The second kappa shape index (κ2) is 8.85. The van der Waals surface area contributed by atoms with E-state index < -0.39 is 10.0 Å². The van der Waals surface area contributed by atoms with Crippen molar-refractivity contribution in [3.05, 3.63) is 0 Å². The lowest BCUT2D eigenvalue weighted by Gasteiger charge is -2.43. The maximum atomic E-state index is 12.9. The summed E-state index contributed by atoms with van der Waals surface area (Å²) in [6.45, 7) is 2.38. The number of hydrogen-bond acceptors (Lipinski definition) is 3. The van der Waals surface area contributed by atoms with Gasteiger partial charge in [0.15, 0.2) is 0 Å². The van der Waals surface area contributed by atoms with E-state index in [1.165, 1.54) is 32.1 Å². The van der Waals surface area contributed by atoms with E-state index in [-0.39, 0.29) is 17.7 Å². The highest BCUT2D eigenvalue weighted by Crippen LogP contribution is 2.36. The van der Waals surface area contributed by atoms with Crippen LogP contribution < -0.4 is 0 Å². The molecule has 2 atom stereocenters. The first kappa shape index (κ1) is 19.2. The van der Waals surface area contributed by atoms with Crippen molar-refractivity contribution in [3.8, 4) is 0 Å². The summed E-state index contributed by atoms with van der Waals surface area (Å²) < 4.78 is 27.5. The Kier molecular flexibility index (Phi) is 6.78. The Morgan fingerprint density at radius 2 is 1.52 bits per heavy atom. The first-order valence-electron chi connectivity index (χ1n) is 10.4. The molecule has 1 aliphatic carbocycles.